The number of ketones is 1. The first-order valence-electron chi connectivity index (χ1n) is 9.02. The van der Waals surface area contributed by atoms with Crippen molar-refractivity contribution in [1.29, 1.82) is 0 Å². The molecule has 2 aromatic rings. The molecule has 8 nitrogen and oxygen atoms in total. The summed E-state index contributed by atoms with van der Waals surface area (Å²) in [6.07, 6.45) is -0.0233. The largest absolute Gasteiger partial charge is 0.494 e. The van der Waals surface area contributed by atoms with E-state index in [1.807, 2.05) is 6.92 Å². The molecule has 0 heterocycles. The maximum absolute atomic E-state index is 12.3. The van der Waals surface area contributed by atoms with Gasteiger partial charge in [0.2, 0.25) is 15.9 Å². The van der Waals surface area contributed by atoms with Crippen molar-refractivity contribution in [3.05, 3.63) is 48.0 Å². The van der Waals surface area contributed by atoms with Crippen molar-refractivity contribution in [2.75, 3.05) is 30.9 Å². The van der Waals surface area contributed by atoms with Crippen LogP contribution in [0.25, 0.3) is 0 Å². The van der Waals surface area contributed by atoms with Crippen molar-refractivity contribution in [2.45, 2.75) is 24.7 Å². The molecular formula is C20H25N3O5S. The van der Waals surface area contributed by atoms with Gasteiger partial charge in [-0.25, -0.2) is 13.6 Å². The highest BCUT2D eigenvalue weighted by atomic mass is 32.2. The van der Waals surface area contributed by atoms with Crippen LogP contribution in [0.2, 0.25) is 0 Å². The number of rotatable bonds is 9. The number of nitrogens with one attached hydrogen (secondary N) is 1. The predicted molar refractivity (Wildman–Crippen MR) is 112 cm³/mol. The number of hydrogen-bond acceptors (Lipinski definition) is 6. The van der Waals surface area contributed by atoms with Crippen LogP contribution in [-0.4, -0.2) is 40.8 Å². The third-order valence-corrected chi connectivity index (χ3v) is 5.03. The summed E-state index contributed by atoms with van der Waals surface area (Å²) >= 11 is 0. The van der Waals surface area contributed by atoms with Crippen molar-refractivity contribution >= 4 is 33.1 Å². The van der Waals surface area contributed by atoms with Crippen molar-refractivity contribution in [3.63, 3.8) is 0 Å². The Kier molecular flexibility index (Phi) is 7.35. The molecule has 0 aromatic heterocycles. The number of carbonyl (C=O) groups excluding carboxylic acids is 2. The fraction of sp³-hybridized carbons (Fsp3) is 0.300. The van der Waals surface area contributed by atoms with Crippen LogP contribution >= 0.6 is 0 Å². The lowest BCUT2D eigenvalue weighted by atomic mass is 10.1. The zero-order valence-electron chi connectivity index (χ0n) is 16.6. The molecule has 0 aliphatic rings. The van der Waals surface area contributed by atoms with Gasteiger partial charge in [-0.1, -0.05) is 0 Å². The molecule has 0 saturated carbocycles. The van der Waals surface area contributed by atoms with E-state index in [-0.39, 0.29) is 23.5 Å². The molecule has 2 aromatic carbocycles. The highest BCUT2D eigenvalue weighted by molar-refractivity contribution is 7.89. The Morgan fingerprint density at radius 2 is 1.72 bits per heavy atom. The first-order valence-corrected chi connectivity index (χ1v) is 10.6. The molecular weight excluding hydrogens is 394 g/mol. The number of sulfonamides is 1. The van der Waals surface area contributed by atoms with Crippen molar-refractivity contribution < 1.29 is 22.7 Å². The summed E-state index contributed by atoms with van der Waals surface area (Å²) in [6, 6.07) is 11.0. The number of anilines is 2. The molecule has 0 unspecified atom stereocenters. The Bertz CT molecular complexity index is 986. The second-order valence-corrected chi connectivity index (χ2v) is 8.11. The fourth-order valence-electron chi connectivity index (χ4n) is 2.67. The van der Waals surface area contributed by atoms with Gasteiger partial charge in [0, 0.05) is 32.5 Å². The van der Waals surface area contributed by atoms with Crippen molar-refractivity contribution in [3.8, 4) is 5.75 Å². The molecule has 0 radical (unpaired) electrons. The third-order valence-electron chi connectivity index (χ3n) is 4.12. The summed E-state index contributed by atoms with van der Waals surface area (Å²) in [5, 5.41) is 7.83. The molecule has 0 bridgehead atoms. The first kappa shape index (κ1) is 22.4. The zero-order valence-corrected chi connectivity index (χ0v) is 17.5. The molecule has 0 atom stereocenters. The Morgan fingerprint density at radius 3 is 2.28 bits per heavy atom. The summed E-state index contributed by atoms with van der Waals surface area (Å²) in [5.41, 5.74) is 1.41. The van der Waals surface area contributed by atoms with Crippen LogP contribution < -0.4 is 20.1 Å². The summed E-state index contributed by atoms with van der Waals surface area (Å²) < 4.78 is 28.5. The SMILES string of the molecule is CCOc1ccc(C(=O)CCC(=O)Nc2cc(S(N)(=O)=O)ccc2N(C)C)cc1. The monoisotopic (exact) mass is 419 g/mol. The van der Waals surface area contributed by atoms with Crippen LogP contribution in [0.4, 0.5) is 11.4 Å². The van der Waals surface area contributed by atoms with E-state index >= 15 is 0 Å². The molecule has 156 valence electrons. The topological polar surface area (TPSA) is 119 Å². The first-order chi connectivity index (χ1) is 13.6. The van der Waals surface area contributed by atoms with Crippen molar-refractivity contribution in [2.24, 2.45) is 5.14 Å². The highest BCUT2D eigenvalue weighted by Crippen LogP contribution is 2.27. The van der Waals surface area contributed by atoms with Crippen LogP contribution in [0, 0.1) is 0 Å². The number of hydrogen-bond donors (Lipinski definition) is 2. The summed E-state index contributed by atoms with van der Waals surface area (Å²) in [7, 11) is -0.385. The minimum absolute atomic E-state index is 0.0198. The van der Waals surface area contributed by atoms with Gasteiger partial charge in [0.1, 0.15) is 5.75 Å². The Balaban J connectivity index is 2.05. The fourth-order valence-corrected chi connectivity index (χ4v) is 3.21. The van der Waals surface area contributed by atoms with E-state index in [0.29, 0.717) is 29.3 Å². The summed E-state index contributed by atoms with van der Waals surface area (Å²) in [6.45, 7) is 2.41. The van der Waals surface area contributed by atoms with Gasteiger partial charge in [0.15, 0.2) is 5.78 Å². The molecule has 2 rings (SSSR count). The van der Waals surface area contributed by atoms with E-state index < -0.39 is 15.9 Å². The van der Waals surface area contributed by atoms with Crippen LogP contribution in [0.3, 0.4) is 0 Å². The lowest BCUT2D eigenvalue weighted by Gasteiger charge is -2.18. The number of nitrogens with zero attached hydrogens (tertiary/aromatic N) is 1. The zero-order chi connectivity index (χ0) is 21.6. The van der Waals surface area contributed by atoms with Gasteiger partial charge in [-0.3, -0.25) is 9.59 Å². The van der Waals surface area contributed by atoms with E-state index in [9.17, 15) is 18.0 Å². The minimum atomic E-state index is -3.91. The number of amides is 1. The Labute approximate surface area is 170 Å². The van der Waals surface area contributed by atoms with Crippen LogP contribution in [0.5, 0.6) is 5.75 Å². The maximum atomic E-state index is 12.3. The van der Waals surface area contributed by atoms with E-state index in [1.165, 1.54) is 12.1 Å². The van der Waals surface area contributed by atoms with Gasteiger partial charge < -0.3 is 15.0 Å². The minimum Gasteiger partial charge on any atom is -0.494 e. The van der Waals surface area contributed by atoms with E-state index in [2.05, 4.69) is 5.32 Å². The number of ether oxygens (including phenoxy) is 1. The average molecular weight is 420 g/mol. The van der Waals surface area contributed by atoms with E-state index in [0.717, 1.165) is 0 Å². The van der Waals surface area contributed by atoms with Gasteiger partial charge in [-0.05, 0) is 49.4 Å². The molecule has 0 fully saturated rings. The van der Waals surface area contributed by atoms with Gasteiger partial charge in [0.05, 0.1) is 22.9 Å². The lowest BCUT2D eigenvalue weighted by Crippen LogP contribution is -2.19. The summed E-state index contributed by atoms with van der Waals surface area (Å²) in [4.78, 5) is 26.3. The van der Waals surface area contributed by atoms with Gasteiger partial charge in [-0.15, -0.1) is 0 Å². The number of primary sulfonamides is 1. The maximum Gasteiger partial charge on any atom is 0.238 e. The molecule has 1 amide bonds. The van der Waals surface area contributed by atoms with Crippen molar-refractivity contribution in [1.82, 2.24) is 0 Å². The molecule has 0 aliphatic heterocycles. The predicted octanol–water partition coefficient (Wildman–Crippen LogP) is 2.40. The average Bonchev–Trinajstić information content (AvgIpc) is 2.66. The Hall–Kier alpha value is -2.91. The second-order valence-electron chi connectivity index (χ2n) is 6.55. The van der Waals surface area contributed by atoms with Crippen LogP contribution in [0.15, 0.2) is 47.4 Å². The van der Waals surface area contributed by atoms with Gasteiger partial charge in [0.25, 0.3) is 0 Å². The molecule has 9 heteroatoms. The van der Waals surface area contributed by atoms with E-state index in [1.54, 1.807) is 49.3 Å². The lowest BCUT2D eigenvalue weighted by molar-refractivity contribution is -0.116. The van der Waals surface area contributed by atoms with Crippen LogP contribution in [-0.2, 0) is 14.8 Å². The third kappa shape index (κ3) is 6.30. The highest BCUT2D eigenvalue weighted by Gasteiger charge is 2.16. The molecule has 0 spiro atoms. The van der Waals surface area contributed by atoms with Crippen LogP contribution in [0.1, 0.15) is 30.1 Å². The van der Waals surface area contributed by atoms with Gasteiger partial charge in [-0.2, -0.15) is 0 Å². The Morgan fingerprint density at radius 1 is 1.07 bits per heavy atom. The standard InChI is InChI=1S/C20H25N3O5S/c1-4-28-15-7-5-14(6-8-15)19(24)11-12-20(25)22-17-13-16(29(21,26)27)9-10-18(17)23(2)3/h5-10,13H,4,11-12H2,1-3H3,(H,22,25)(H2,21,26,27). The quantitative estimate of drug-likeness (QED) is 0.603. The number of Topliss-reactive ketones (excluding diaryl/α,β-unsaturated/α-hetero) is 1. The molecule has 3 N–H and O–H groups in total. The smallest absolute Gasteiger partial charge is 0.238 e. The normalized spacial score (nSPS) is 11.0. The van der Waals surface area contributed by atoms with E-state index in [4.69, 9.17) is 9.88 Å². The number of nitrogens with two attached hydrogens (primary N) is 1. The molecule has 0 saturated heterocycles. The number of benzene rings is 2. The van der Waals surface area contributed by atoms with Gasteiger partial charge >= 0.3 is 0 Å². The molecule has 0 aliphatic carbocycles. The number of carbonyl (C=O) groups is 2. The summed E-state index contributed by atoms with van der Waals surface area (Å²) in [5.74, 6) is 0.0982. The molecule has 29 heavy (non-hydrogen) atoms. The second kappa shape index (κ2) is 9.53.